The molecular formula is C11H10F2N2O4. The van der Waals surface area contributed by atoms with Gasteiger partial charge in [0.15, 0.2) is 0 Å². The van der Waals surface area contributed by atoms with Crippen molar-refractivity contribution < 1.29 is 28.3 Å². The highest BCUT2D eigenvalue weighted by Crippen LogP contribution is 2.10. The molecule has 0 aliphatic carbocycles. The first-order chi connectivity index (χ1) is 8.81. The number of carboxylic acid groups (broad SMARTS) is 1. The minimum absolute atomic E-state index is 0.485. The van der Waals surface area contributed by atoms with Gasteiger partial charge in [-0.3, -0.25) is 9.59 Å². The third-order valence-electron chi connectivity index (χ3n) is 2.18. The number of benzene rings is 1. The number of nitrogens with one attached hydrogen (secondary N) is 1. The van der Waals surface area contributed by atoms with Crippen molar-refractivity contribution >= 4 is 17.8 Å². The lowest BCUT2D eigenvalue weighted by molar-refractivity contribution is -0.140. The van der Waals surface area contributed by atoms with Gasteiger partial charge in [-0.25, -0.2) is 13.6 Å². The van der Waals surface area contributed by atoms with Gasteiger partial charge in [-0.2, -0.15) is 0 Å². The number of nitrogens with two attached hydrogens (primary N) is 1. The average Bonchev–Trinajstić information content (AvgIpc) is 2.26. The molecule has 1 aromatic carbocycles. The molecule has 19 heavy (non-hydrogen) atoms. The van der Waals surface area contributed by atoms with E-state index in [-0.39, 0.29) is 0 Å². The number of aliphatic carboxylic acids is 1. The summed E-state index contributed by atoms with van der Waals surface area (Å²) in [6.07, 6.45) is -0.635. The third kappa shape index (κ3) is 4.02. The van der Waals surface area contributed by atoms with Crippen molar-refractivity contribution in [3.05, 3.63) is 35.4 Å². The summed E-state index contributed by atoms with van der Waals surface area (Å²) in [6, 6.07) is 0.624. The molecule has 0 saturated heterocycles. The van der Waals surface area contributed by atoms with Gasteiger partial charge in [0.1, 0.15) is 17.7 Å². The predicted molar refractivity (Wildman–Crippen MR) is 59.1 cm³/mol. The van der Waals surface area contributed by atoms with Crippen LogP contribution in [0.3, 0.4) is 0 Å². The van der Waals surface area contributed by atoms with Crippen molar-refractivity contribution in [3.8, 4) is 0 Å². The molecule has 0 radical (unpaired) electrons. The van der Waals surface area contributed by atoms with E-state index < -0.39 is 47.4 Å². The molecule has 0 bridgehead atoms. The van der Waals surface area contributed by atoms with E-state index in [0.29, 0.717) is 6.07 Å². The number of primary amides is 1. The van der Waals surface area contributed by atoms with Gasteiger partial charge in [0, 0.05) is 6.07 Å². The van der Waals surface area contributed by atoms with Gasteiger partial charge in [-0.05, 0) is 12.1 Å². The van der Waals surface area contributed by atoms with Crippen molar-refractivity contribution in [1.82, 2.24) is 5.32 Å². The van der Waals surface area contributed by atoms with Gasteiger partial charge < -0.3 is 16.2 Å². The van der Waals surface area contributed by atoms with Crippen LogP contribution < -0.4 is 11.1 Å². The van der Waals surface area contributed by atoms with Crippen LogP contribution in [0.5, 0.6) is 0 Å². The van der Waals surface area contributed by atoms with E-state index in [1.54, 1.807) is 0 Å². The summed E-state index contributed by atoms with van der Waals surface area (Å²) in [5, 5.41) is 10.7. The second-order valence-corrected chi connectivity index (χ2v) is 3.66. The lowest BCUT2D eigenvalue weighted by Gasteiger charge is -2.13. The largest absolute Gasteiger partial charge is 0.480 e. The second-order valence-electron chi connectivity index (χ2n) is 3.66. The highest BCUT2D eigenvalue weighted by molar-refractivity contribution is 5.97. The lowest BCUT2D eigenvalue weighted by atomic mass is 10.1. The molecule has 0 heterocycles. The van der Waals surface area contributed by atoms with Gasteiger partial charge in [0.25, 0.3) is 5.91 Å². The Morgan fingerprint density at radius 2 is 1.95 bits per heavy atom. The van der Waals surface area contributed by atoms with E-state index in [4.69, 9.17) is 10.8 Å². The fourth-order valence-electron chi connectivity index (χ4n) is 1.31. The van der Waals surface area contributed by atoms with Crippen LogP contribution in [0.15, 0.2) is 18.2 Å². The quantitative estimate of drug-likeness (QED) is 0.702. The molecule has 0 spiro atoms. The average molecular weight is 272 g/mol. The van der Waals surface area contributed by atoms with Gasteiger partial charge >= 0.3 is 5.97 Å². The number of carboxylic acids is 1. The van der Waals surface area contributed by atoms with Crippen molar-refractivity contribution in [2.75, 3.05) is 0 Å². The monoisotopic (exact) mass is 272 g/mol. The second kappa shape index (κ2) is 5.89. The highest BCUT2D eigenvalue weighted by atomic mass is 19.1. The number of rotatable bonds is 5. The van der Waals surface area contributed by atoms with Crippen LogP contribution >= 0.6 is 0 Å². The summed E-state index contributed by atoms with van der Waals surface area (Å²) < 4.78 is 25.9. The molecule has 2 amide bonds. The number of halogens is 2. The van der Waals surface area contributed by atoms with E-state index in [2.05, 4.69) is 0 Å². The first kappa shape index (κ1) is 14.6. The van der Waals surface area contributed by atoms with Crippen molar-refractivity contribution in [2.45, 2.75) is 12.5 Å². The van der Waals surface area contributed by atoms with Crippen LogP contribution in [0.1, 0.15) is 16.8 Å². The Balaban J connectivity index is 2.87. The topological polar surface area (TPSA) is 109 Å². The lowest BCUT2D eigenvalue weighted by Crippen LogP contribution is -2.43. The van der Waals surface area contributed by atoms with E-state index in [1.807, 2.05) is 5.32 Å². The standard InChI is InChI=1S/C11H10F2N2O4/c12-5-1-2-6(7(13)3-5)10(17)15-8(11(18)19)4-9(14)16/h1-3,8H,4H2,(H2,14,16)(H,15,17)(H,18,19)/t8-/m1/s1. The number of amides is 2. The van der Waals surface area contributed by atoms with E-state index >= 15 is 0 Å². The summed E-state index contributed by atoms with van der Waals surface area (Å²) in [5.41, 5.74) is 4.29. The normalized spacial score (nSPS) is 11.7. The zero-order chi connectivity index (χ0) is 14.6. The van der Waals surface area contributed by atoms with Crippen LogP contribution in [0.25, 0.3) is 0 Å². The maximum absolute atomic E-state index is 13.3. The highest BCUT2D eigenvalue weighted by Gasteiger charge is 2.24. The maximum Gasteiger partial charge on any atom is 0.326 e. The number of carbonyl (C=O) groups is 3. The Morgan fingerprint density at radius 3 is 2.42 bits per heavy atom. The first-order valence-electron chi connectivity index (χ1n) is 5.08. The molecule has 1 aromatic rings. The molecule has 4 N–H and O–H groups in total. The molecule has 0 saturated carbocycles. The predicted octanol–water partition coefficient (Wildman–Crippen LogP) is 0.0232. The minimum Gasteiger partial charge on any atom is -0.480 e. The molecule has 8 heteroatoms. The molecule has 0 fully saturated rings. The minimum atomic E-state index is -1.57. The molecule has 102 valence electrons. The summed E-state index contributed by atoms with van der Waals surface area (Å²) in [4.78, 5) is 33.0. The summed E-state index contributed by atoms with van der Waals surface area (Å²) in [7, 11) is 0. The SMILES string of the molecule is NC(=O)C[C@@H](NC(=O)c1ccc(F)cc1F)C(=O)O. The maximum atomic E-state index is 13.3. The molecule has 0 aliphatic rings. The van der Waals surface area contributed by atoms with Gasteiger partial charge in [-0.15, -0.1) is 0 Å². The Bertz CT molecular complexity index is 533. The zero-order valence-corrected chi connectivity index (χ0v) is 9.52. The zero-order valence-electron chi connectivity index (χ0n) is 9.52. The number of carbonyl (C=O) groups excluding carboxylic acids is 2. The van der Waals surface area contributed by atoms with Crippen molar-refractivity contribution in [2.24, 2.45) is 5.73 Å². The van der Waals surface area contributed by atoms with Crippen molar-refractivity contribution in [1.29, 1.82) is 0 Å². The smallest absolute Gasteiger partial charge is 0.326 e. The van der Waals surface area contributed by atoms with E-state index in [0.717, 1.165) is 12.1 Å². The Hall–Kier alpha value is -2.51. The van der Waals surface area contributed by atoms with E-state index in [1.165, 1.54) is 0 Å². The molecule has 6 nitrogen and oxygen atoms in total. The van der Waals surface area contributed by atoms with Gasteiger partial charge in [0.2, 0.25) is 5.91 Å². The van der Waals surface area contributed by atoms with Crippen LogP contribution in [-0.2, 0) is 9.59 Å². The molecule has 1 atom stereocenters. The Labute approximate surface area is 106 Å². The van der Waals surface area contributed by atoms with Crippen LogP contribution in [0, 0.1) is 11.6 Å². The molecule has 0 aromatic heterocycles. The fourth-order valence-corrected chi connectivity index (χ4v) is 1.31. The molecule has 0 aliphatic heterocycles. The number of hydrogen-bond donors (Lipinski definition) is 3. The van der Waals surface area contributed by atoms with Crippen molar-refractivity contribution in [3.63, 3.8) is 0 Å². The Morgan fingerprint density at radius 1 is 1.32 bits per heavy atom. The molecular weight excluding hydrogens is 262 g/mol. The van der Waals surface area contributed by atoms with Gasteiger partial charge in [0.05, 0.1) is 12.0 Å². The first-order valence-corrected chi connectivity index (χ1v) is 5.08. The third-order valence-corrected chi connectivity index (χ3v) is 2.18. The molecule has 1 rings (SSSR count). The van der Waals surface area contributed by atoms with Crippen LogP contribution in [0.2, 0.25) is 0 Å². The Kier molecular flexibility index (Phi) is 4.51. The van der Waals surface area contributed by atoms with Crippen LogP contribution in [-0.4, -0.2) is 28.9 Å². The summed E-state index contributed by atoms with van der Waals surface area (Å²) >= 11 is 0. The fraction of sp³-hybridized carbons (Fsp3) is 0.182. The number of hydrogen-bond acceptors (Lipinski definition) is 3. The summed E-state index contributed by atoms with van der Waals surface area (Å²) in [5.74, 6) is -5.52. The van der Waals surface area contributed by atoms with E-state index in [9.17, 15) is 23.2 Å². The van der Waals surface area contributed by atoms with Crippen LogP contribution in [0.4, 0.5) is 8.78 Å². The summed E-state index contributed by atoms with van der Waals surface area (Å²) in [6.45, 7) is 0. The molecule has 0 unspecified atom stereocenters. The van der Waals surface area contributed by atoms with Gasteiger partial charge in [-0.1, -0.05) is 0 Å².